The highest BCUT2D eigenvalue weighted by molar-refractivity contribution is 7.99. The molecular weight excluding hydrogens is 250 g/mol. The predicted octanol–water partition coefficient (Wildman–Crippen LogP) is 2.58. The fourth-order valence-electron chi connectivity index (χ4n) is 1.47. The van der Waals surface area contributed by atoms with Gasteiger partial charge in [-0.05, 0) is 31.7 Å². The van der Waals surface area contributed by atoms with Crippen LogP contribution in [-0.4, -0.2) is 27.5 Å². The maximum Gasteiger partial charge on any atom is 0.127 e. The zero-order chi connectivity index (χ0) is 12.8. The van der Waals surface area contributed by atoms with Crippen molar-refractivity contribution in [1.82, 2.24) is 4.98 Å². The fourth-order valence-corrected chi connectivity index (χ4v) is 2.26. The Morgan fingerprint density at radius 1 is 1.59 bits per heavy atom. The number of hydrogen-bond acceptors (Lipinski definition) is 4. The molecule has 1 rings (SSSR count). The highest BCUT2D eigenvalue weighted by Gasteiger charge is 2.06. The van der Waals surface area contributed by atoms with E-state index in [9.17, 15) is 0 Å². The number of nitrogens with one attached hydrogen (secondary N) is 1. The van der Waals surface area contributed by atoms with Crippen molar-refractivity contribution in [2.24, 2.45) is 5.73 Å². The summed E-state index contributed by atoms with van der Waals surface area (Å²) in [6.45, 7) is 6.25. The van der Waals surface area contributed by atoms with Gasteiger partial charge in [0.25, 0.3) is 0 Å². The summed E-state index contributed by atoms with van der Waals surface area (Å²) in [5.41, 5.74) is 7.42. The molecule has 0 saturated heterocycles. The summed E-state index contributed by atoms with van der Waals surface area (Å²) in [5, 5.41) is 3.37. The third-order valence-electron chi connectivity index (χ3n) is 2.20. The largest absolute Gasteiger partial charge is 0.389 e. The van der Waals surface area contributed by atoms with Crippen LogP contribution in [0.3, 0.4) is 0 Å². The lowest BCUT2D eigenvalue weighted by atomic mass is 10.2. The maximum absolute atomic E-state index is 5.63. The van der Waals surface area contributed by atoms with E-state index in [2.05, 4.69) is 24.1 Å². The van der Waals surface area contributed by atoms with Crippen LogP contribution >= 0.6 is 24.0 Å². The van der Waals surface area contributed by atoms with Gasteiger partial charge in [0.15, 0.2) is 0 Å². The molecule has 0 saturated carbocycles. The second-order valence-corrected chi connectivity index (χ2v) is 5.71. The first kappa shape index (κ1) is 14.3. The van der Waals surface area contributed by atoms with Crippen LogP contribution in [0.1, 0.15) is 25.1 Å². The summed E-state index contributed by atoms with van der Waals surface area (Å²) in [6.07, 6.45) is 0. The van der Waals surface area contributed by atoms with Gasteiger partial charge in [-0.1, -0.05) is 19.1 Å². The molecule has 1 atom stereocenters. The lowest BCUT2D eigenvalue weighted by molar-refractivity contribution is 0.899. The summed E-state index contributed by atoms with van der Waals surface area (Å²) in [5.74, 6) is 3.04. The van der Waals surface area contributed by atoms with Gasteiger partial charge in [-0.2, -0.15) is 11.8 Å². The third kappa shape index (κ3) is 4.91. The molecule has 0 aromatic carbocycles. The molecule has 0 aliphatic carbocycles. The zero-order valence-corrected chi connectivity index (χ0v) is 12.1. The van der Waals surface area contributed by atoms with E-state index < -0.39 is 0 Å². The maximum atomic E-state index is 5.63. The molecule has 0 fully saturated rings. The van der Waals surface area contributed by atoms with Crippen molar-refractivity contribution in [2.45, 2.75) is 26.8 Å². The lowest BCUT2D eigenvalue weighted by Crippen LogP contribution is -2.20. The van der Waals surface area contributed by atoms with E-state index in [-0.39, 0.29) is 0 Å². The molecule has 3 nitrogen and oxygen atoms in total. The first-order valence-electron chi connectivity index (χ1n) is 5.65. The van der Waals surface area contributed by atoms with Crippen molar-refractivity contribution >= 4 is 34.8 Å². The number of aromatic nitrogens is 1. The van der Waals surface area contributed by atoms with Gasteiger partial charge < -0.3 is 11.1 Å². The quantitative estimate of drug-likeness (QED) is 0.777. The molecule has 94 valence electrons. The van der Waals surface area contributed by atoms with Crippen molar-refractivity contribution < 1.29 is 0 Å². The minimum atomic E-state index is 0.383. The molecule has 0 radical (unpaired) electrons. The summed E-state index contributed by atoms with van der Waals surface area (Å²) >= 11 is 6.89. The van der Waals surface area contributed by atoms with Gasteiger partial charge in [-0.3, -0.25) is 0 Å². The van der Waals surface area contributed by atoms with Crippen LogP contribution in [0.4, 0.5) is 5.82 Å². The Hall–Kier alpha value is -0.810. The van der Waals surface area contributed by atoms with Gasteiger partial charge in [-0.15, -0.1) is 0 Å². The van der Waals surface area contributed by atoms with Gasteiger partial charge in [0.05, 0.1) is 0 Å². The monoisotopic (exact) mass is 269 g/mol. The van der Waals surface area contributed by atoms with E-state index >= 15 is 0 Å². The molecule has 1 unspecified atom stereocenters. The van der Waals surface area contributed by atoms with E-state index in [0.29, 0.717) is 11.0 Å². The van der Waals surface area contributed by atoms with Crippen molar-refractivity contribution in [3.63, 3.8) is 0 Å². The SMILES string of the molecule is CCSCC(C)Nc1cc(C(N)=S)cc(C)n1. The highest BCUT2D eigenvalue weighted by atomic mass is 32.2. The minimum absolute atomic E-state index is 0.383. The lowest BCUT2D eigenvalue weighted by Gasteiger charge is -2.15. The number of aryl methyl sites for hydroxylation is 1. The summed E-state index contributed by atoms with van der Waals surface area (Å²) in [4.78, 5) is 4.84. The number of rotatable bonds is 6. The molecule has 5 heteroatoms. The molecule has 0 aliphatic heterocycles. The molecule has 0 amide bonds. The van der Waals surface area contributed by atoms with Crippen LogP contribution in [0.5, 0.6) is 0 Å². The van der Waals surface area contributed by atoms with Gasteiger partial charge in [-0.25, -0.2) is 4.98 Å². The number of hydrogen-bond donors (Lipinski definition) is 2. The third-order valence-corrected chi connectivity index (χ3v) is 3.58. The Labute approximate surface area is 113 Å². The fraction of sp³-hybridized carbons (Fsp3) is 0.500. The molecule has 1 aromatic heterocycles. The Bertz CT molecular complexity index is 393. The molecule has 0 bridgehead atoms. The first-order valence-corrected chi connectivity index (χ1v) is 7.22. The number of nitrogens with zero attached hydrogens (tertiary/aromatic N) is 1. The van der Waals surface area contributed by atoms with Gasteiger partial charge in [0.1, 0.15) is 10.8 Å². The number of thioether (sulfide) groups is 1. The van der Waals surface area contributed by atoms with E-state index in [1.54, 1.807) is 0 Å². The van der Waals surface area contributed by atoms with Crippen LogP contribution in [0.15, 0.2) is 12.1 Å². The average molecular weight is 269 g/mol. The topological polar surface area (TPSA) is 50.9 Å². The second kappa shape index (κ2) is 6.81. The molecule has 1 heterocycles. The van der Waals surface area contributed by atoms with Crippen LogP contribution in [0.2, 0.25) is 0 Å². The van der Waals surface area contributed by atoms with E-state index in [1.807, 2.05) is 30.8 Å². The average Bonchev–Trinajstić information content (AvgIpc) is 2.25. The number of nitrogens with two attached hydrogens (primary N) is 1. The van der Waals surface area contributed by atoms with E-state index in [0.717, 1.165) is 28.6 Å². The van der Waals surface area contributed by atoms with Gasteiger partial charge >= 0.3 is 0 Å². The Kier molecular flexibility index (Phi) is 5.71. The summed E-state index contributed by atoms with van der Waals surface area (Å²) in [7, 11) is 0. The van der Waals surface area contributed by atoms with Crippen molar-refractivity contribution in [1.29, 1.82) is 0 Å². The van der Waals surface area contributed by atoms with Crippen LogP contribution in [0.25, 0.3) is 0 Å². The molecule has 1 aromatic rings. The van der Waals surface area contributed by atoms with Crippen LogP contribution < -0.4 is 11.1 Å². The van der Waals surface area contributed by atoms with Crippen LogP contribution in [0, 0.1) is 6.92 Å². The first-order chi connectivity index (χ1) is 8.02. The Morgan fingerprint density at radius 3 is 2.88 bits per heavy atom. The standard InChI is InChI=1S/C12H19N3S2/c1-4-17-7-9(3)15-11-6-10(12(13)16)5-8(2)14-11/h5-6,9H,4,7H2,1-3H3,(H2,13,16)(H,14,15). The predicted molar refractivity (Wildman–Crippen MR) is 80.9 cm³/mol. The van der Waals surface area contributed by atoms with E-state index in [4.69, 9.17) is 18.0 Å². The zero-order valence-electron chi connectivity index (χ0n) is 10.5. The molecule has 17 heavy (non-hydrogen) atoms. The molecule has 0 spiro atoms. The van der Waals surface area contributed by atoms with Gasteiger partial charge in [0.2, 0.25) is 0 Å². The number of anilines is 1. The molecular formula is C12H19N3S2. The van der Waals surface area contributed by atoms with Crippen molar-refractivity contribution in [3.05, 3.63) is 23.4 Å². The number of thiocarbonyl (C=S) groups is 1. The smallest absolute Gasteiger partial charge is 0.127 e. The normalized spacial score (nSPS) is 12.2. The second-order valence-electron chi connectivity index (χ2n) is 3.95. The Morgan fingerprint density at radius 2 is 2.29 bits per heavy atom. The number of pyridine rings is 1. The van der Waals surface area contributed by atoms with E-state index in [1.165, 1.54) is 0 Å². The van der Waals surface area contributed by atoms with Gasteiger partial charge in [0, 0.05) is 23.1 Å². The molecule has 0 aliphatic rings. The Balaban J connectivity index is 2.73. The minimum Gasteiger partial charge on any atom is -0.389 e. The summed E-state index contributed by atoms with van der Waals surface area (Å²) < 4.78 is 0. The van der Waals surface area contributed by atoms with Crippen LogP contribution in [-0.2, 0) is 0 Å². The highest BCUT2D eigenvalue weighted by Crippen LogP contribution is 2.13. The summed E-state index contributed by atoms with van der Waals surface area (Å²) in [6, 6.07) is 4.19. The molecule has 3 N–H and O–H groups in total. The van der Waals surface area contributed by atoms with Crippen molar-refractivity contribution in [2.75, 3.05) is 16.8 Å². The van der Waals surface area contributed by atoms with Crippen molar-refractivity contribution in [3.8, 4) is 0 Å².